The first kappa shape index (κ1) is 15.4. The van der Waals surface area contributed by atoms with Gasteiger partial charge in [-0.05, 0) is 42.8 Å². The van der Waals surface area contributed by atoms with E-state index >= 15 is 0 Å². The summed E-state index contributed by atoms with van der Waals surface area (Å²) in [6.07, 6.45) is 4.46. The summed E-state index contributed by atoms with van der Waals surface area (Å²) in [5, 5.41) is 7.81. The summed E-state index contributed by atoms with van der Waals surface area (Å²) in [7, 11) is 0. The highest BCUT2D eigenvalue weighted by Gasteiger charge is 2.15. The maximum atomic E-state index is 13.0. The van der Waals surface area contributed by atoms with Gasteiger partial charge in [-0.1, -0.05) is 0 Å². The molecule has 0 aliphatic rings. The summed E-state index contributed by atoms with van der Waals surface area (Å²) in [4.78, 5) is 21.8. The Morgan fingerprint density at radius 1 is 1.20 bits per heavy atom. The molecule has 0 fully saturated rings. The third-order valence-electron chi connectivity index (χ3n) is 3.60. The number of amides is 1. The van der Waals surface area contributed by atoms with Gasteiger partial charge in [-0.15, -0.1) is 11.3 Å². The monoisotopic (exact) mass is 353 g/mol. The molecule has 1 N–H and O–H groups in total. The molecule has 8 heteroatoms. The molecule has 0 saturated heterocycles. The zero-order chi connectivity index (χ0) is 17.4. The summed E-state index contributed by atoms with van der Waals surface area (Å²) >= 11 is 1.55. The van der Waals surface area contributed by atoms with Crippen LogP contribution in [0.4, 0.5) is 10.2 Å². The Morgan fingerprint density at radius 2 is 2.08 bits per heavy atom. The molecule has 0 aliphatic carbocycles. The highest BCUT2D eigenvalue weighted by molar-refractivity contribution is 7.15. The van der Waals surface area contributed by atoms with Crippen molar-refractivity contribution in [2.75, 3.05) is 5.32 Å². The van der Waals surface area contributed by atoms with Crippen LogP contribution in [0.25, 0.3) is 16.0 Å². The van der Waals surface area contributed by atoms with Gasteiger partial charge >= 0.3 is 0 Å². The average molecular weight is 353 g/mol. The number of anilines is 1. The molecule has 0 saturated carbocycles. The number of hydrogen-bond donors (Lipinski definition) is 1. The molecule has 124 valence electrons. The molecule has 0 aromatic carbocycles. The molecule has 1 amide bonds. The number of aryl methyl sites for hydroxylation is 1. The first-order chi connectivity index (χ1) is 12.1. The number of halogens is 1. The molecule has 4 aromatic heterocycles. The van der Waals surface area contributed by atoms with Gasteiger partial charge in [-0.25, -0.2) is 18.9 Å². The quantitative estimate of drug-likeness (QED) is 0.611. The van der Waals surface area contributed by atoms with E-state index in [0.717, 1.165) is 27.2 Å². The van der Waals surface area contributed by atoms with Gasteiger partial charge in [0.1, 0.15) is 17.3 Å². The second-order valence-corrected chi connectivity index (χ2v) is 6.59. The lowest BCUT2D eigenvalue weighted by molar-refractivity contribution is 0.101. The van der Waals surface area contributed by atoms with E-state index in [-0.39, 0.29) is 11.7 Å². The largest absolute Gasteiger partial charge is 0.305 e. The standard InChI is InChI=1S/C17H12FN5OS/c1-10-19-9-15(25-10)11-6-13-4-5-21-23(13)14(7-11)17(24)22-16-3-2-12(18)8-20-16/h2-9H,1H3,(H,20,22,24). The van der Waals surface area contributed by atoms with Crippen molar-refractivity contribution in [3.63, 3.8) is 0 Å². The van der Waals surface area contributed by atoms with Crippen LogP contribution in [0.3, 0.4) is 0 Å². The van der Waals surface area contributed by atoms with E-state index in [9.17, 15) is 9.18 Å². The molecule has 0 unspecified atom stereocenters. The van der Waals surface area contributed by atoms with Gasteiger partial charge in [0, 0.05) is 6.20 Å². The van der Waals surface area contributed by atoms with Crippen LogP contribution in [-0.4, -0.2) is 25.5 Å². The normalized spacial score (nSPS) is 11.0. The van der Waals surface area contributed by atoms with Gasteiger partial charge in [-0.2, -0.15) is 5.10 Å². The van der Waals surface area contributed by atoms with Gasteiger partial charge in [0.25, 0.3) is 5.91 Å². The van der Waals surface area contributed by atoms with Crippen molar-refractivity contribution in [3.05, 3.63) is 65.4 Å². The Bertz CT molecular complexity index is 1070. The Labute approximate surface area is 146 Å². The smallest absolute Gasteiger partial charge is 0.275 e. The van der Waals surface area contributed by atoms with E-state index in [1.165, 1.54) is 12.1 Å². The molecule has 0 spiro atoms. The lowest BCUT2D eigenvalue weighted by Crippen LogP contribution is -2.17. The molecule has 25 heavy (non-hydrogen) atoms. The van der Waals surface area contributed by atoms with Crippen molar-refractivity contribution < 1.29 is 9.18 Å². The molecule has 6 nitrogen and oxygen atoms in total. The molecule has 4 heterocycles. The van der Waals surface area contributed by atoms with Crippen LogP contribution in [0.15, 0.2) is 48.9 Å². The molecule has 0 aliphatic heterocycles. The average Bonchev–Trinajstić information content (AvgIpc) is 3.24. The highest BCUT2D eigenvalue weighted by atomic mass is 32.1. The molecular formula is C17H12FN5OS. The summed E-state index contributed by atoms with van der Waals surface area (Å²) in [6.45, 7) is 1.93. The predicted octanol–water partition coefficient (Wildman–Crippen LogP) is 3.55. The van der Waals surface area contributed by atoms with Crippen LogP contribution in [0.5, 0.6) is 0 Å². The molecular weight excluding hydrogens is 341 g/mol. The molecule has 4 rings (SSSR count). The number of carbonyl (C=O) groups excluding carboxylic acids is 1. The van der Waals surface area contributed by atoms with Crippen molar-refractivity contribution in [2.24, 2.45) is 0 Å². The van der Waals surface area contributed by atoms with Crippen LogP contribution in [0, 0.1) is 12.7 Å². The number of fused-ring (bicyclic) bond motifs is 1. The minimum absolute atomic E-state index is 0.269. The predicted molar refractivity (Wildman–Crippen MR) is 93.2 cm³/mol. The van der Waals surface area contributed by atoms with E-state index < -0.39 is 5.82 Å². The van der Waals surface area contributed by atoms with Crippen molar-refractivity contribution in [3.8, 4) is 10.4 Å². The third-order valence-corrected chi connectivity index (χ3v) is 4.57. The summed E-state index contributed by atoms with van der Waals surface area (Å²) in [6, 6.07) is 8.18. The van der Waals surface area contributed by atoms with Crippen molar-refractivity contribution in [1.82, 2.24) is 19.6 Å². The van der Waals surface area contributed by atoms with Gasteiger partial charge in [0.15, 0.2) is 0 Å². The van der Waals surface area contributed by atoms with Gasteiger partial charge < -0.3 is 5.32 Å². The lowest BCUT2D eigenvalue weighted by atomic mass is 10.1. The van der Waals surface area contributed by atoms with Gasteiger partial charge in [0.2, 0.25) is 0 Å². The topological polar surface area (TPSA) is 72.2 Å². The van der Waals surface area contributed by atoms with Crippen LogP contribution in [0.1, 0.15) is 15.5 Å². The number of nitrogens with one attached hydrogen (secondary N) is 1. The number of pyridine rings is 2. The van der Waals surface area contributed by atoms with Crippen LogP contribution < -0.4 is 5.32 Å². The van der Waals surface area contributed by atoms with Gasteiger partial charge in [-0.3, -0.25) is 4.79 Å². The SMILES string of the molecule is Cc1ncc(-c2cc(C(=O)Nc3ccc(F)cn3)n3nccc3c2)s1. The fourth-order valence-electron chi connectivity index (χ4n) is 2.46. The summed E-state index contributed by atoms with van der Waals surface area (Å²) < 4.78 is 14.5. The zero-order valence-electron chi connectivity index (χ0n) is 13.1. The van der Waals surface area contributed by atoms with E-state index in [1.807, 2.05) is 19.1 Å². The summed E-state index contributed by atoms with van der Waals surface area (Å²) in [5.74, 6) is -0.573. The zero-order valence-corrected chi connectivity index (χ0v) is 13.9. The first-order valence-corrected chi connectivity index (χ1v) is 8.25. The fraction of sp³-hybridized carbons (Fsp3) is 0.0588. The minimum Gasteiger partial charge on any atom is -0.305 e. The lowest BCUT2D eigenvalue weighted by Gasteiger charge is -2.08. The number of hydrogen-bond acceptors (Lipinski definition) is 5. The molecule has 4 aromatic rings. The first-order valence-electron chi connectivity index (χ1n) is 7.44. The number of nitrogens with zero attached hydrogens (tertiary/aromatic N) is 4. The van der Waals surface area contributed by atoms with Crippen LogP contribution in [0.2, 0.25) is 0 Å². The number of aromatic nitrogens is 4. The second-order valence-electron chi connectivity index (χ2n) is 5.36. The number of carbonyl (C=O) groups is 1. The number of rotatable bonds is 3. The van der Waals surface area contributed by atoms with Crippen molar-refractivity contribution in [1.29, 1.82) is 0 Å². The van der Waals surface area contributed by atoms with E-state index in [0.29, 0.717) is 5.69 Å². The summed E-state index contributed by atoms with van der Waals surface area (Å²) in [5.41, 5.74) is 2.03. The second kappa shape index (κ2) is 6.06. The maximum Gasteiger partial charge on any atom is 0.275 e. The Kier molecular flexibility index (Phi) is 3.73. The molecule has 0 atom stereocenters. The Hall–Kier alpha value is -3.13. The van der Waals surface area contributed by atoms with Crippen LogP contribution >= 0.6 is 11.3 Å². The van der Waals surface area contributed by atoms with Crippen molar-refractivity contribution >= 4 is 28.6 Å². The van der Waals surface area contributed by atoms with E-state index in [1.54, 1.807) is 34.3 Å². The minimum atomic E-state index is -0.463. The fourth-order valence-corrected chi connectivity index (χ4v) is 3.23. The van der Waals surface area contributed by atoms with Crippen molar-refractivity contribution in [2.45, 2.75) is 6.92 Å². The van der Waals surface area contributed by atoms with Gasteiger partial charge in [0.05, 0.1) is 27.8 Å². The Morgan fingerprint density at radius 3 is 2.80 bits per heavy atom. The highest BCUT2D eigenvalue weighted by Crippen LogP contribution is 2.28. The van der Waals surface area contributed by atoms with E-state index in [4.69, 9.17) is 0 Å². The molecule has 0 bridgehead atoms. The number of thiazole rings is 1. The van der Waals surface area contributed by atoms with E-state index in [2.05, 4.69) is 20.4 Å². The maximum absolute atomic E-state index is 13.0. The molecule has 0 radical (unpaired) electrons. The van der Waals surface area contributed by atoms with Crippen LogP contribution in [-0.2, 0) is 0 Å². The third kappa shape index (κ3) is 2.99. The Balaban J connectivity index is 1.75.